The van der Waals surface area contributed by atoms with Crippen LogP contribution < -0.4 is 9.62 Å². The molecular weight excluding hydrogens is 516 g/mol. The van der Waals surface area contributed by atoms with Gasteiger partial charge in [-0.2, -0.15) is 0 Å². The van der Waals surface area contributed by atoms with E-state index in [0.29, 0.717) is 15.6 Å². The Labute approximate surface area is 216 Å². The van der Waals surface area contributed by atoms with E-state index < -0.39 is 39.9 Å². The van der Waals surface area contributed by atoms with Gasteiger partial charge in [0, 0.05) is 22.1 Å². The van der Waals surface area contributed by atoms with Crippen molar-refractivity contribution in [2.24, 2.45) is 0 Å². The number of halogens is 3. The highest BCUT2D eigenvalue weighted by atomic mass is 35.5. The molecule has 0 bridgehead atoms. The fourth-order valence-electron chi connectivity index (χ4n) is 3.43. The summed E-state index contributed by atoms with van der Waals surface area (Å²) in [7, 11) is -3.91. The van der Waals surface area contributed by atoms with Crippen LogP contribution in [0.15, 0.2) is 42.5 Å². The van der Waals surface area contributed by atoms with Gasteiger partial charge in [0.05, 0.1) is 11.9 Å². The number of nitrogens with one attached hydrogen (secondary N) is 1. The number of anilines is 1. The van der Waals surface area contributed by atoms with Crippen molar-refractivity contribution in [3.8, 4) is 0 Å². The summed E-state index contributed by atoms with van der Waals surface area (Å²) < 4.78 is 39.4. The quantitative estimate of drug-likeness (QED) is 0.498. The van der Waals surface area contributed by atoms with Gasteiger partial charge < -0.3 is 10.2 Å². The maximum atomic E-state index is 13.6. The summed E-state index contributed by atoms with van der Waals surface area (Å²) in [4.78, 5) is 28.0. The first-order valence-electron chi connectivity index (χ1n) is 10.9. The van der Waals surface area contributed by atoms with Crippen LogP contribution in [0, 0.1) is 5.82 Å². The van der Waals surface area contributed by atoms with Gasteiger partial charge in [-0.15, -0.1) is 0 Å². The van der Waals surface area contributed by atoms with Crippen LogP contribution in [0.25, 0.3) is 0 Å². The minimum absolute atomic E-state index is 0.0497. The van der Waals surface area contributed by atoms with Gasteiger partial charge in [-0.1, -0.05) is 36.2 Å². The Morgan fingerprint density at radius 3 is 2.17 bits per heavy atom. The lowest BCUT2D eigenvalue weighted by atomic mass is 10.1. The number of rotatable bonds is 9. The molecule has 2 amide bonds. The van der Waals surface area contributed by atoms with Gasteiger partial charge in [-0.25, -0.2) is 12.8 Å². The Morgan fingerprint density at radius 2 is 1.69 bits per heavy atom. The number of benzene rings is 2. The molecule has 1 atom stereocenters. The average molecular weight is 546 g/mol. The Bertz CT molecular complexity index is 1170. The molecule has 0 fully saturated rings. The minimum Gasteiger partial charge on any atom is -0.350 e. The Kier molecular flexibility index (Phi) is 9.56. The molecule has 2 rings (SSSR count). The predicted molar refractivity (Wildman–Crippen MR) is 138 cm³/mol. The smallest absolute Gasteiger partial charge is 0.244 e. The summed E-state index contributed by atoms with van der Waals surface area (Å²) >= 11 is 12.3. The van der Waals surface area contributed by atoms with Crippen molar-refractivity contribution in [3.05, 3.63) is 63.9 Å². The van der Waals surface area contributed by atoms with Gasteiger partial charge in [0.25, 0.3) is 0 Å². The van der Waals surface area contributed by atoms with Crippen LogP contribution in [0.5, 0.6) is 0 Å². The summed E-state index contributed by atoms with van der Waals surface area (Å²) in [5, 5.41) is 3.59. The molecule has 0 aliphatic rings. The first-order chi connectivity index (χ1) is 16.1. The number of hydrogen-bond acceptors (Lipinski definition) is 4. The molecule has 0 aromatic heterocycles. The molecule has 7 nitrogen and oxygen atoms in total. The number of carbonyl (C=O) groups is 2. The first-order valence-corrected chi connectivity index (χ1v) is 13.5. The van der Waals surface area contributed by atoms with Gasteiger partial charge in [-0.05, 0) is 69.2 Å². The largest absolute Gasteiger partial charge is 0.350 e. The minimum atomic E-state index is -3.91. The summed E-state index contributed by atoms with van der Waals surface area (Å²) in [5.74, 6) is -1.55. The van der Waals surface area contributed by atoms with Crippen molar-refractivity contribution in [3.63, 3.8) is 0 Å². The van der Waals surface area contributed by atoms with Crippen LogP contribution in [-0.2, 0) is 26.2 Å². The van der Waals surface area contributed by atoms with E-state index in [9.17, 15) is 22.4 Å². The van der Waals surface area contributed by atoms with E-state index in [0.717, 1.165) is 22.7 Å². The first kappa shape index (κ1) is 28.9. The molecule has 1 N–H and O–H groups in total. The summed E-state index contributed by atoms with van der Waals surface area (Å²) in [6.07, 6.45) is 1.22. The second kappa shape index (κ2) is 11.6. The topological polar surface area (TPSA) is 86.8 Å². The number of amides is 2. The van der Waals surface area contributed by atoms with Crippen LogP contribution in [0.4, 0.5) is 10.1 Å². The van der Waals surface area contributed by atoms with E-state index >= 15 is 0 Å². The second-order valence-corrected chi connectivity index (χ2v) is 11.9. The number of carbonyl (C=O) groups excluding carboxylic acids is 2. The molecule has 0 saturated heterocycles. The molecule has 0 aliphatic heterocycles. The van der Waals surface area contributed by atoms with Crippen molar-refractivity contribution in [2.75, 3.05) is 17.1 Å². The van der Waals surface area contributed by atoms with Crippen molar-refractivity contribution in [2.45, 2.75) is 52.2 Å². The summed E-state index contributed by atoms with van der Waals surface area (Å²) in [5.41, 5.74) is 0.113. The maximum Gasteiger partial charge on any atom is 0.244 e. The van der Waals surface area contributed by atoms with Crippen LogP contribution in [0.3, 0.4) is 0 Å². The van der Waals surface area contributed by atoms with Crippen LogP contribution in [0.1, 0.15) is 39.7 Å². The standard InChI is InChI=1S/C24H30Cl2FN3O4S/c1-6-21(23(32)28-24(2,3)4)29(14-16-7-8-17(25)13-20(16)26)22(31)15-30(35(5,33)34)19-11-9-18(27)10-12-19/h7-13,21H,6,14-15H2,1-5H3,(H,28,32). The highest BCUT2D eigenvalue weighted by Crippen LogP contribution is 2.25. The lowest BCUT2D eigenvalue weighted by molar-refractivity contribution is -0.141. The third kappa shape index (κ3) is 8.37. The lowest BCUT2D eigenvalue weighted by Crippen LogP contribution is -2.55. The SMILES string of the molecule is CCC(C(=O)NC(C)(C)C)N(Cc1ccc(Cl)cc1Cl)C(=O)CN(c1ccc(F)cc1)S(C)(=O)=O. The van der Waals surface area contributed by atoms with Crippen molar-refractivity contribution in [1.29, 1.82) is 0 Å². The molecule has 1 unspecified atom stereocenters. The zero-order valence-corrected chi connectivity index (χ0v) is 22.6. The molecule has 2 aromatic carbocycles. The second-order valence-electron chi connectivity index (χ2n) is 9.17. The molecular formula is C24H30Cl2FN3O4S. The molecule has 0 radical (unpaired) electrons. The van der Waals surface area contributed by atoms with E-state index in [4.69, 9.17) is 23.2 Å². The monoisotopic (exact) mass is 545 g/mol. The molecule has 0 aliphatic carbocycles. The third-order valence-corrected chi connectivity index (χ3v) is 6.76. The summed E-state index contributed by atoms with van der Waals surface area (Å²) in [6.45, 7) is 6.57. The van der Waals surface area contributed by atoms with Crippen molar-refractivity contribution >= 4 is 50.7 Å². The zero-order chi connectivity index (χ0) is 26.6. The highest BCUT2D eigenvalue weighted by Gasteiger charge is 2.33. The van der Waals surface area contributed by atoms with Crippen LogP contribution in [0.2, 0.25) is 10.0 Å². The molecule has 0 saturated carbocycles. The van der Waals surface area contributed by atoms with Gasteiger partial charge in [0.15, 0.2) is 0 Å². The van der Waals surface area contributed by atoms with Crippen LogP contribution in [-0.4, -0.2) is 49.5 Å². The Hall–Kier alpha value is -2.36. The fraction of sp³-hybridized carbons (Fsp3) is 0.417. The van der Waals surface area contributed by atoms with Crippen molar-refractivity contribution in [1.82, 2.24) is 10.2 Å². The normalized spacial score (nSPS) is 12.7. The molecule has 0 heterocycles. The van der Waals surface area contributed by atoms with Gasteiger partial charge >= 0.3 is 0 Å². The molecule has 11 heteroatoms. The van der Waals surface area contributed by atoms with Gasteiger partial charge in [-0.3, -0.25) is 13.9 Å². The molecule has 2 aromatic rings. The van der Waals surface area contributed by atoms with E-state index in [1.165, 1.54) is 23.1 Å². The van der Waals surface area contributed by atoms with E-state index in [-0.39, 0.29) is 24.6 Å². The predicted octanol–water partition coefficient (Wildman–Crippen LogP) is 4.62. The maximum absolute atomic E-state index is 13.6. The number of hydrogen-bond donors (Lipinski definition) is 1. The van der Waals surface area contributed by atoms with Crippen molar-refractivity contribution < 1.29 is 22.4 Å². The Balaban J connectivity index is 2.48. The van der Waals surface area contributed by atoms with E-state index in [2.05, 4.69) is 5.32 Å². The zero-order valence-electron chi connectivity index (χ0n) is 20.3. The molecule has 35 heavy (non-hydrogen) atoms. The third-order valence-electron chi connectivity index (χ3n) is 5.03. The number of sulfonamides is 1. The van der Waals surface area contributed by atoms with E-state index in [1.807, 2.05) is 20.8 Å². The molecule has 192 valence electrons. The van der Waals surface area contributed by atoms with E-state index in [1.54, 1.807) is 19.1 Å². The average Bonchev–Trinajstić information content (AvgIpc) is 2.72. The fourth-order valence-corrected chi connectivity index (χ4v) is 4.74. The van der Waals surface area contributed by atoms with Gasteiger partial charge in [0.1, 0.15) is 18.4 Å². The number of nitrogens with zero attached hydrogens (tertiary/aromatic N) is 2. The highest BCUT2D eigenvalue weighted by molar-refractivity contribution is 7.92. The van der Waals surface area contributed by atoms with Crippen LogP contribution >= 0.6 is 23.2 Å². The Morgan fingerprint density at radius 1 is 1.09 bits per heavy atom. The van der Waals surface area contributed by atoms with Gasteiger partial charge in [0.2, 0.25) is 21.8 Å². The lowest BCUT2D eigenvalue weighted by Gasteiger charge is -2.34. The summed E-state index contributed by atoms with van der Waals surface area (Å²) in [6, 6.07) is 8.64. The molecule has 0 spiro atoms.